The number of hydrogen-bond acceptors (Lipinski definition) is 7. The van der Waals surface area contributed by atoms with Gasteiger partial charge in [-0.25, -0.2) is 14.8 Å². The number of aromatic nitrogens is 4. The van der Waals surface area contributed by atoms with Crippen molar-refractivity contribution in [2.75, 3.05) is 31.9 Å². The molecule has 2 fully saturated rings. The summed E-state index contributed by atoms with van der Waals surface area (Å²) in [6, 6.07) is 0.196. The zero-order chi connectivity index (χ0) is 20.4. The molecule has 29 heavy (non-hydrogen) atoms. The second-order valence-electron chi connectivity index (χ2n) is 7.58. The third-order valence-corrected chi connectivity index (χ3v) is 5.74. The number of likely N-dealkylation sites (tertiary alicyclic amines) is 1. The Kier molecular flexibility index (Phi) is 5.43. The highest BCUT2D eigenvalue weighted by Crippen LogP contribution is 2.27. The second kappa shape index (κ2) is 8.16. The maximum absolute atomic E-state index is 12.7. The molecule has 4 rings (SSSR count). The largest absolute Gasteiger partial charge is 0.476 e. The van der Waals surface area contributed by atoms with Crippen LogP contribution in [0.2, 0.25) is 0 Å². The molecule has 0 unspecified atom stereocenters. The van der Waals surface area contributed by atoms with E-state index in [4.69, 9.17) is 5.73 Å². The zero-order valence-electron chi connectivity index (χ0n) is 16.1. The van der Waals surface area contributed by atoms with Gasteiger partial charge in [-0.3, -0.25) is 9.48 Å². The smallest absolute Gasteiger partial charge is 0.358 e. The summed E-state index contributed by atoms with van der Waals surface area (Å²) in [7, 11) is 0. The molecule has 2 aliphatic rings. The Hall–Kier alpha value is -3.01. The topological polar surface area (TPSA) is 139 Å². The number of rotatable bonds is 4. The van der Waals surface area contributed by atoms with Crippen LogP contribution in [-0.2, 0) is 4.79 Å². The van der Waals surface area contributed by atoms with Gasteiger partial charge in [-0.1, -0.05) is 0 Å². The van der Waals surface area contributed by atoms with Crippen molar-refractivity contribution in [1.82, 2.24) is 30.0 Å². The number of carbonyl (C=O) groups is 2. The van der Waals surface area contributed by atoms with Gasteiger partial charge in [0.2, 0.25) is 5.91 Å². The lowest BCUT2D eigenvalue weighted by molar-refractivity contribution is -0.137. The summed E-state index contributed by atoms with van der Waals surface area (Å²) in [6.07, 6.45) is 8.46. The van der Waals surface area contributed by atoms with Crippen molar-refractivity contribution in [3.63, 3.8) is 0 Å². The Morgan fingerprint density at radius 3 is 2.55 bits per heavy atom. The molecule has 4 heterocycles. The molecule has 0 saturated carbocycles. The number of amides is 1. The van der Waals surface area contributed by atoms with Crippen molar-refractivity contribution in [3.8, 4) is 11.3 Å². The van der Waals surface area contributed by atoms with Gasteiger partial charge < -0.3 is 21.1 Å². The Morgan fingerprint density at radius 2 is 1.86 bits per heavy atom. The lowest BCUT2D eigenvalue weighted by atomic mass is 9.95. The summed E-state index contributed by atoms with van der Waals surface area (Å²) in [5.41, 5.74) is 6.41. The van der Waals surface area contributed by atoms with Gasteiger partial charge in [0.15, 0.2) is 11.5 Å². The number of nitrogens with one attached hydrogen (secondary N) is 1. The van der Waals surface area contributed by atoms with Gasteiger partial charge >= 0.3 is 5.97 Å². The maximum atomic E-state index is 12.7. The van der Waals surface area contributed by atoms with E-state index in [0.717, 1.165) is 51.9 Å². The van der Waals surface area contributed by atoms with Crippen molar-refractivity contribution >= 4 is 17.7 Å². The van der Waals surface area contributed by atoms with Gasteiger partial charge in [-0.15, -0.1) is 0 Å². The quantitative estimate of drug-likeness (QED) is 0.685. The Balaban J connectivity index is 1.40. The first-order valence-corrected chi connectivity index (χ1v) is 9.93. The summed E-state index contributed by atoms with van der Waals surface area (Å²) < 4.78 is 1.88. The maximum Gasteiger partial charge on any atom is 0.358 e. The van der Waals surface area contributed by atoms with Crippen molar-refractivity contribution in [3.05, 3.63) is 24.3 Å². The predicted molar refractivity (Wildman–Crippen MR) is 105 cm³/mol. The fraction of sp³-hybridized carbons (Fsp3) is 0.526. The molecule has 0 atom stereocenters. The van der Waals surface area contributed by atoms with E-state index in [-0.39, 0.29) is 29.4 Å². The van der Waals surface area contributed by atoms with Crippen LogP contribution in [0.1, 0.15) is 42.2 Å². The normalized spacial score (nSPS) is 18.7. The summed E-state index contributed by atoms with van der Waals surface area (Å²) in [5, 5.41) is 16.9. The standard InChI is InChI=1S/C19H25N7O3/c20-17-16(19(28)29)24-15(10-22-17)13-9-23-26(11-13)14-3-7-25(8-4-14)18(27)12-1-5-21-6-2-12/h9-12,14,21H,1-8H2,(H2,20,22)(H,28,29). The van der Waals surface area contributed by atoms with Crippen LogP contribution >= 0.6 is 0 Å². The van der Waals surface area contributed by atoms with Crippen LogP contribution in [0, 0.1) is 5.92 Å². The van der Waals surface area contributed by atoms with Crippen LogP contribution in [0.4, 0.5) is 5.82 Å². The monoisotopic (exact) mass is 399 g/mol. The summed E-state index contributed by atoms with van der Waals surface area (Å²) in [5.74, 6) is -0.893. The molecule has 2 saturated heterocycles. The fourth-order valence-corrected chi connectivity index (χ4v) is 4.04. The van der Waals surface area contributed by atoms with Gasteiger partial charge in [-0.2, -0.15) is 5.10 Å². The lowest BCUT2D eigenvalue weighted by Crippen LogP contribution is -2.44. The number of anilines is 1. The minimum atomic E-state index is -1.21. The minimum Gasteiger partial charge on any atom is -0.476 e. The molecule has 2 aromatic rings. The molecule has 0 bridgehead atoms. The average molecular weight is 399 g/mol. The van der Waals surface area contributed by atoms with Gasteiger partial charge in [-0.05, 0) is 38.8 Å². The lowest BCUT2D eigenvalue weighted by Gasteiger charge is -2.35. The molecule has 0 radical (unpaired) electrons. The zero-order valence-corrected chi connectivity index (χ0v) is 16.1. The number of hydrogen-bond donors (Lipinski definition) is 3. The van der Waals surface area contributed by atoms with Crippen molar-refractivity contribution in [2.24, 2.45) is 5.92 Å². The fourth-order valence-electron chi connectivity index (χ4n) is 4.04. The highest BCUT2D eigenvalue weighted by atomic mass is 16.4. The molecule has 154 valence electrons. The van der Waals surface area contributed by atoms with Crippen LogP contribution in [-0.4, -0.2) is 67.8 Å². The molecule has 10 heteroatoms. The molecule has 0 aromatic carbocycles. The first-order valence-electron chi connectivity index (χ1n) is 9.93. The molecule has 0 aliphatic carbocycles. The molecule has 2 aromatic heterocycles. The molecule has 2 aliphatic heterocycles. The molecule has 0 spiro atoms. The minimum absolute atomic E-state index is 0.112. The van der Waals surface area contributed by atoms with Crippen molar-refractivity contribution in [2.45, 2.75) is 31.7 Å². The van der Waals surface area contributed by atoms with Crippen LogP contribution in [0.15, 0.2) is 18.6 Å². The van der Waals surface area contributed by atoms with E-state index in [1.807, 2.05) is 15.8 Å². The van der Waals surface area contributed by atoms with Gasteiger partial charge in [0.1, 0.15) is 0 Å². The first-order chi connectivity index (χ1) is 14.0. The van der Waals surface area contributed by atoms with E-state index in [9.17, 15) is 14.7 Å². The third kappa shape index (κ3) is 4.07. The Bertz CT molecular complexity index is 899. The van der Waals surface area contributed by atoms with E-state index in [1.54, 1.807) is 6.20 Å². The number of carbonyl (C=O) groups excluding carboxylic acids is 1. The molecule has 4 N–H and O–H groups in total. The highest BCUT2D eigenvalue weighted by Gasteiger charge is 2.30. The van der Waals surface area contributed by atoms with E-state index in [1.165, 1.54) is 6.20 Å². The van der Waals surface area contributed by atoms with E-state index >= 15 is 0 Å². The van der Waals surface area contributed by atoms with E-state index in [2.05, 4.69) is 20.4 Å². The SMILES string of the molecule is Nc1ncc(-c2cnn(C3CCN(C(=O)C4CCNCC4)CC3)c2)nc1C(=O)O. The van der Waals surface area contributed by atoms with Gasteiger partial charge in [0, 0.05) is 30.8 Å². The van der Waals surface area contributed by atoms with Crippen LogP contribution < -0.4 is 11.1 Å². The molecule has 10 nitrogen and oxygen atoms in total. The number of aromatic carboxylic acids is 1. The van der Waals surface area contributed by atoms with Crippen LogP contribution in [0.3, 0.4) is 0 Å². The number of piperidine rings is 2. The van der Waals surface area contributed by atoms with Crippen LogP contribution in [0.5, 0.6) is 0 Å². The molecular weight excluding hydrogens is 374 g/mol. The summed E-state index contributed by atoms with van der Waals surface area (Å²) >= 11 is 0. The second-order valence-corrected chi connectivity index (χ2v) is 7.58. The predicted octanol–water partition coefficient (Wildman–Crippen LogP) is 0.784. The Labute approximate surface area is 168 Å². The molecule has 1 amide bonds. The van der Waals surface area contributed by atoms with Gasteiger partial charge in [0.05, 0.1) is 24.1 Å². The summed E-state index contributed by atoms with van der Waals surface area (Å²) in [6.45, 7) is 3.29. The Morgan fingerprint density at radius 1 is 1.14 bits per heavy atom. The number of nitrogens with zero attached hydrogens (tertiary/aromatic N) is 5. The average Bonchev–Trinajstić information content (AvgIpc) is 3.24. The van der Waals surface area contributed by atoms with Gasteiger partial charge in [0.25, 0.3) is 0 Å². The van der Waals surface area contributed by atoms with E-state index in [0.29, 0.717) is 11.3 Å². The summed E-state index contributed by atoms with van der Waals surface area (Å²) in [4.78, 5) is 33.9. The van der Waals surface area contributed by atoms with E-state index < -0.39 is 5.97 Å². The number of carboxylic acid groups (broad SMARTS) is 1. The number of carboxylic acids is 1. The first kappa shape index (κ1) is 19.3. The van der Waals surface area contributed by atoms with Crippen molar-refractivity contribution in [1.29, 1.82) is 0 Å². The number of nitrogen functional groups attached to an aromatic ring is 1. The number of nitrogens with two attached hydrogens (primary N) is 1. The molecular formula is C19H25N7O3. The van der Waals surface area contributed by atoms with Crippen LogP contribution in [0.25, 0.3) is 11.3 Å². The highest BCUT2D eigenvalue weighted by molar-refractivity contribution is 5.90. The third-order valence-electron chi connectivity index (χ3n) is 5.74. The van der Waals surface area contributed by atoms with Crippen molar-refractivity contribution < 1.29 is 14.7 Å².